The van der Waals surface area contributed by atoms with Crippen LogP contribution in [0.4, 0.5) is 5.69 Å². The Bertz CT molecular complexity index is 742. The fraction of sp³-hybridized carbons (Fsp3) is 0.0667. The van der Waals surface area contributed by atoms with Crippen LogP contribution in [0.15, 0.2) is 53.4 Å². The summed E-state index contributed by atoms with van der Waals surface area (Å²) in [5.74, 6) is 0. The van der Waals surface area contributed by atoms with Gasteiger partial charge in [-0.3, -0.25) is 10.1 Å². The Balaban J connectivity index is 1.81. The van der Waals surface area contributed by atoms with Gasteiger partial charge in [-0.1, -0.05) is 27.5 Å². The molecule has 106 valence electrons. The number of hydrogen-bond donors (Lipinski definition) is 2. The van der Waals surface area contributed by atoms with Crippen molar-refractivity contribution in [3.8, 4) is 11.3 Å². The molecule has 1 aromatic carbocycles. The molecule has 0 spiro atoms. The van der Waals surface area contributed by atoms with Gasteiger partial charge in [0.15, 0.2) is 0 Å². The van der Waals surface area contributed by atoms with Gasteiger partial charge in [0.2, 0.25) is 0 Å². The third-order valence-electron chi connectivity index (χ3n) is 3.07. The van der Waals surface area contributed by atoms with Crippen molar-refractivity contribution >= 4 is 33.2 Å². The number of benzene rings is 1. The zero-order valence-electron chi connectivity index (χ0n) is 11.0. The minimum atomic E-state index is 0.622. The van der Waals surface area contributed by atoms with E-state index in [9.17, 15) is 0 Å². The summed E-state index contributed by atoms with van der Waals surface area (Å²) in [5.41, 5.74) is 3.90. The maximum atomic E-state index is 6.18. The lowest BCUT2D eigenvalue weighted by Crippen LogP contribution is -2.00. The summed E-state index contributed by atoms with van der Waals surface area (Å²) in [6.45, 7) is 0.622. The van der Waals surface area contributed by atoms with Crippen LogP contribution in [-0.4, -0.2) is 15.2 Å². The molecule has 4 nitrogen and oxygen atoms in total. The Morgan fingerprint density at radius 3 is 2.95 bits per heavy atom. The Morgan fingerprint density at radius 1 is 1.24 bits per heavy atom. The van der Waals surface area contributed by atoms with Gasteiger partial charge in [0.05, 0.1) is 22.6 Å². The molecular weight excluding hydrogens is 352 g/mol. The van der Waals surface area contributed by atoms with Gasteiger partial charge in [-0.25, -0.2) is 0 Å². The van der Waals surface area contributed by atoms with Gasteiger partial charge in [0.25, 0.3) is 0 Å². The summed E-state index contributed by atoms with van der Waals surface area (Å²) in [7, 11) is 0. The van der Waals surface area contributed by atoms with E-state index in [1.165, 1.54) is 0 Å². The monoisotopic (exact) mass is 362 g/mol. The number of nitrogens with zero attached hydrogens (tertiary/aromatic N) is 2. The van der Waals surface area contributed by atoms with Crippen LogP contribution in [0.3, 0.4) is 0 Å². The summed E-state index contributed by atoms with van der Waals surface area (Å²) in [6.07, 6.45) is 5.36. The number of nitrogens with one attached hydrogen (secondary N) is 2. The van der Waals surface area contributed by atoms with Crippen molar-refractivity contribution in [2.75, 3.05) is 5.32 Å². The molecule has 2 N–H and O–H groups in total. The highest BCUT2D eigenvalue weighted by Crippen LogP contribution is 2.27. The zero-order chi connectivity index (χ0) is 14.7. The van der Waals surface area contributed by atoms with Gasteiger partial charge < -0.3 is 5.32 Å². The van der Waals surface area contributed by atoms with Crippen molar-refractivity contribution in [3.05, 3.63) is 64.0 Å². The second-order valence-corrected chi connectivity index (χ2v) is 5.81. The summed E-state index contributed by atoms with van der Waals surface area (Å²) in [6, 6.07) is 9.61. The highest BCUT2D eigenvalue weighted by atomic mass is 79.9. The largest absolute Gasteiger partial charge is 0.380 e. The fourth-order valence-electron chi connectivity index (χ4n) is 2.03. The first-order chi connectivity index (χ1) is 10.2. The summed E-state index contributed by atoms with van der Waals surface area (Å²) in [4.78, 5) is 4.13. The molecule has 0 aliphatic heterocycles. The molecule has 0 bridgehead atoms. The van der Waals surface area contributed by atoms with Crippen LogP contribution in [0.25, 0.3) is 11.3 Å². The van der Waals surface area contributed by atoms with E-state index in [0.29, 0.717) is 11.6 Å². The summed E-state index contributed by atoms with van der Waals surface area (Å²) in [5, 5.41) is 11.1. The molecule has 0 fully saturated rings. The van der Waals surface area contributed by atoms with Crippen molar-refractivity contribution in [3.63, 3.8) is 0 Å². The molecule has 3 aromatic rings. The number of aromatic amines is 1. The van der Waals surface area contributed by atoms with Crippen LogP contribution in [0.2, 0.25) is 5.02 Å². The Hall–Kier alpha value is -1.85. The molecule has 0 aliphatic carbocycles. The molecule has 0 amide bonds. The quantitative estimate of drug-likeness (QED) is 0.717. The third kappa shape index (κ3) is 3.25. The number of hydrogen-bond acceptors (Lipinski definition) is 3. The van der Waals surface area contributed by atoms with Crippen molar-refractivity contribution in [2.24, 2.45) is 0 Å². The van der Waals surface area contributed by atoms with Crippen LogP contribution in [0.1, 0.15) is 5.56 Å². The lowest BCUT2D eigenvalue weighted by molar-refractivity contribution is 1.09. The standard InChI is InChI=1S/C15H12BrClN4/c16-12-3-4-13(17)14(6-12)19-8-11-9-20-21-15(11)10-2-1-5-18-7-10/h1-7,9,19H,8H2,(H,20,21). The van der Waals surface area contributed by atoms with Crippen molar-refractivity contribution in [1.82, 2.24) is 15.2 Å². The second kappa shape index (κ2) is 6.28. The first-order valence-electron chi connectivity index (χ1n) is 6.35. The average molecular weight is 364 g/mol. The summed E-state index contributed by atoms with van der Waals surface area (Å²) >= 11 is 9.62. The normalized spacial score (nSPS) is 10.6. The van der Waals surface area contributed by atoms with E-state index >= 15 is 0 Å². The molecule has 0 unspecified atom stereocenters. The van der Waals surface area contributed by atoms with E-state index < -0.39 is 0 Å². The molecule has 2 heterocycles. The van der Waals surface area contributed by atoms with E-state index in [4.69, 9.17) is 11.6 Å². The Kier molecular flexibility index (Phi) is 4.22. The zero-order valence-corrected chi connectivity index (χ0v) is 13.3. The van der Waals surface area contributed by atoms with E-state index in [2.05, 4.69) is 36.4 Å². The number of aromatic nitrogens is 3. The number of rotatable bonds is 4. The van der Waals surface area contributed by atoms with Crippen LogP contribution >= 0.6 is 27.5 Å². The molecular formula is C15H12BrClN4. The predicted molar refractivity (Wildman–Crippen MR) is 88.3 cm³/mol. The molecule has 21 heavy (non-hydrogen) atoms. The number of pyridine rings is 1. The van der Waals surface area contributed by atoms with Crippen molar-refractivity contribution in [1.29, 1.82) is 0 Å². The topological polar surface area (TPSA) is 53.6 Å². The Labute approximate surface area is 135 Å². The van der Waals surface area contributed by atoms with Gasteiger partial charge in [-0.2, -0.15) is 5.10 Å². The highest BCUT2D eigenvalue weighted by Gasteiger charge is 2.08. The smallest absolute Gasteiger partial charge is 0.0715 e. The van der Waals surface area contributed by atoms with Gasteiger partial charge >= 0.3 is 0 Å². The average Bonchev–Trinajstić information content (AvgIpc) is 2.97. The van der Waals surface area contributed by atoms with Crippen LogP contribution in [0.5, 0.6) is 0 Å². The maximum Gasteiger partial charge on any atom is 0.0715 e. The third-order valence-corrected chi connectivity index (χ3v) is 3.89. The van der Waals surface area contributed by atoms with E-state index in [1.54, 1.807) is 12.4 Å². The summed E-state index contributed by atoms with van der Waals surface area (Å²) < 4.78 is 0.981. The Morgan fingerprint density at radius 2 is 2.14 bits per heavy atom. The first kappa shape index (κ1) is 14.1. The van der Waals surface area contributed by atoms with E-state index in [-0.39, 0.29) is 0 Å². The molecule has 0 atom stereocenters. The van der Waals surface area contributed by atoms with Gasteiger partial charge in [0.1, 0.15) is 0 Å². The lowest BCUT2D eigenvalue weighted by atomic mass is 10.1. The van der Waals surface area contributed by atoms with E-state index in [0.717, 1.165) is 27.0 Å². The van der Waals surface area contributed by atoms with Crippen molar-refractivity contribution in [2.45, 2.75) is 6.54 Å². The van der Waals surface area contributed by atoms with E-state index in [1.807, 2.05) is 36.5 Å². The molecule has 0 radical (unpaired) electrons. The minimum Gasteiger partial charge on any atom is -0.380 e. The highest BCUT2D eigenvalue weighted by molar-refractivity contribution is 9.10. The van der Waals surface area contributed by atoms with Crippen molar-refractivity contribution < 1.29 is 0 Å². The molecule has 0 saturated carbocycles. The maximum absolute atomic E-state index is 6.18. The molecule has 2 aromatic heterocycles. The second-order valence-electron chi connectivity index (χ2n) is 4.49. The molecule has 0 aliphatic rings. The SMILES string of the molecule is Clc1ccc(Br)cc1NCc1cn[nH]c1-c1cccnc1. The molecule has 0 saturated heterocycles. The minimum absolute atomic E-state index is 0.622. The van der Waals surface area contributed by atoms with Gasteiger partial charge in [-0.15, -0.1) is 0 Å². The number of halogens is 2. The predicted octanol–water partition coefficient (Wildman–Crippen LogP) is 4.50. The molecule has 6 heteroatoms. The van der Waals surface area contributed by atoms with Crippen LogP contribution in [0, 0.1) is 0 Å². The number of H-pyrrole nitrogens is 1. The van der Waals surface area contributed by atoms with Crippen LogP contribution in [-0.2, 0) is 6.54 Å². The van der Waals surface area contributed by atoms with Crippen LogP contribution < -0.4 is 5.32 Å². The first-order valence-corrected chi connectivity index (χ1v) is 7.52. The van der Waals surface area contributed by atoms with Gasteiger partial charge in [-0.05, 0) is 30.3 Å². The van der Waals surface area contributed by atoms with Gasteiger partial charge in [0, 0.05) is 34.5 Å². The number of anilines is 1. The fourth-order valence-corrected chi connectivity index (χ4v) is 2.57. The molecule has 3 rings (SSSR count). The lowest BCUT2D eigenvalue weighted by Gasteiger charge is -2.09.